The van der Waals surface area contributed by atoms with E-state index in [1.54, 1.807) is 12.4 Å². The molecule has 0 radical (unpaired) electrons. The highest BCUT2D eigenvalue weighted by Crippen LogP contribution is 2.32. The first kappa shape index (κ1) is 12.0. The molecule has 1 saturated carbocycles. The average molecular weight is 233 g/mol. The number of hydrogen-bond donors (Lipinski definition) is 2. The Balaban J connectivity index is 1.86. The van der Waals surface area contributed by atoms with Crippen molar-refractivity contribution < 1.29 is 4.79 Å². The van der Waals surface area contributed by atoms with Crippen LogP contribution in [0.2, 0.25) is 0 Å². The van der Waals surface area contributed by atoms with E-state index in [0.29, 0.717) is 6.42 Å². The van der Waals surface area contributed by atoms with Crippen molar-refractivity contribution in [3.05, 3.63) is 30.1 Å². The highest BCUT2D eigenvalue weighted by molar-refractivity contribution is 5.77. The van der Waals surface area contributed by atoms with Crippen LogP contribution < -0.4 is 11.1 Å². The number of aromatic nitrogens is 1. The fraction of sp³-hybridized carbons (Fsp3) is 0.538. The first-order valence-electron chi connectivity index (χ1n) is 6.07. The zero-order valence-corrected chi connectivity index (χ0v) is 10.1. The van der Waals surface area contributed by atoms with Crippen molar-refractivity contribution in [2.24, 2.45) is 5.73 Å². The Labute approximate surface area is 102 Å². The van der Waals surface area contributed by atoms with Gasteiger partial charge in [0.25, 0.3) is 0 Å². The molecule has 0 unspecified atom stereocenters. The first-order valence-corrected chi connectivity index (χ1v) is 6.07. The first-order chi connectivity index (χ1) is 8.09. The van der Waals surface area contributed by atoms with Gasteiger partial charge in [-0.15, -0.1) is 0 Å². The Morgan fingerprint density at radius 3 is 2.71 bits per heavy atom. The monoisotopic (exact) mass is 233 g/mol. The third kappa shape index (κ3) is 3.03. The molecular formula is C13H19N3O. The van der Waals surface area contributed by atoms with E-state index in [1.807, 2.05) is 19.1 Å². The largest absolute Gasteiger partial charge is 0.350 e. The van der Waals surface area contributed by atoms with Gasteiger partial charge < -0.3 is 11.1 Å². The molecule has 1 heterocycles. The summed E-state index contributed by atoms with van der Waals surface area (Å²) in [5, 5.41) is 2.97. The van der Waals surface area contributed by atoms with E-state index >= 15 is 0 Å². The van der Waals surface area contributed by atoms with E-state index in [-0.39, 0.29) is 17.5 Å². The summed E-state index contributed by atoms with van der Waals surface area (Å²) in [6.07, 6.45) is 6.96. The standard InChI is InChI=1S/C13H19N3O/c1-10(11-3-7-15-8-4-11)16-12(17)9-13(14)5-2-6-13/h3-4,7-8,10H,2,5-6,9,14H2,1H3,(H,16,17)/t10-/m1/s1. The van der Waals surface area contributed by atoms with Gasteiger partial charge >= 0.3 is 0 Å². The van der Waals surface area contributed by atoms with Crippen LogP contribution in [0.25, 0.3) is 0 Å². The lowest BCUT2D eigenvalue weighted by atomic mass is 9.75. The summed E-state index contributed by atoms with van der Waals surface area (Å²) < 4.78 is 0. The predicted octanol–water partition coefficient (Wildman–Crippen LogP) is 1.53. The summed E-state index contributed by atoms with van der Waals surface area (Å²) in [5.74, 6) is 0.0384. The lowest BCUT2D eigenvalue weighted by Gasteiger charge is -2.37. The van der Waals surface area contributed by atoms with Crippen molar-refractivity contribution in [3.8, 4) is 0 Å². The Kier molecular flexibility index (Phi) is 3.43. The van der Waals surface area contributed by atoms with Gasteiger partial charge in [0, 0.05) is 24.4 Å². The Hall–Kier alpha value is -1.42. The Morgan fingerprint density at radius 1 is 1.53 bits per heavy atom. The van der Waals surface area contributed by atoms with Crippen LogP contribution in [0, 0.1) is 0 Å². The second-order valence-electron chi connectivity index (χ2n) is 4.96. The maximum absolute atomic E-state index is 11.8. The number of carbonyl (C=O) groups is 1. The van der Waals surface area contributed by atoms with Gasteiger partial charge in [0.05, 0.1) is 6.04 Å². The van der Waals surface area contributed by atoms with Crippen LogP contribution >= 0.6 is 0 Å². The number of amides is 1. The zero-order valence-electron chi connectivity index (χ0n) is 10.1. The van der Waals surface area contributed by atoms with E-state index in [4.69, 9.17) is 5.73 Å². The van der Waals surface area contributed by atoms with E-state index in [0.717, 1.165) is 24.8 Å². The van der Waals surface area contributed by atoms with Crippen LogP contribution in [0.4, 0.5) is 0 Å². The third-order valence-electron chi connectivity index (χ3n) is 3.45. The van der Waals surface area contributed by atoms with E-state index in [1.165, 1.54) is 0 Å². The lowest BCUT2D eigenvalue weighted by molar-refractivity contribution is -0.123. The molecule has 0 aromatic carbocycles. The highest BCUT2D eigenvalue weighted by Gasteiger charge is 2.34. The van der Waals surface area contributed by atoms with Crippen molar-refractivity contribution in [3.63, 3.8) is 0 Å². The van der Waals surface area contributed by atoms with E-state index < -0.39 is 0 Å². The van der Waals surface area contributed by atoms with Crippen LogP contribution in [-0.2, 0) is 4.79 Å². The molecule has 3 N–H and O–H groups in total. The number of nitrogens with zero attached hydrogens (tertiary/aromatic N) is 1. The molecule has 1 aliphatic rings. The van der Waals surface area contributed by atoms with Crippen LogP contribution in [0.15, 0.2) is 24.5 Å². The molecule has 1 amide bonds. The number of hydrogen-bond acceptors (Lipinski definition) is 3. The van der Waals surface area contributed by atoms with Crippen LogP contribution in [0.5, 0.6) is 0 Å². The van der Waals surface area contributed by atoms with Gasteiger partial charge in [-0.1, -0.05) is 0 Å². The van der Waals surface area contributed by atoms with Gasteiger partial charge in [-0.25, -0.2) is 0 Å². The maximum Gasteiger partial charge on any atom is 0.222 e. The molecule has 17 heavy (non-hydrogen) atoms. The molecule has 0 saturated heterocycles. The van der Waals surface area contributed by atoms with E-state index in [2.05, 4.69) is 10.3 Å². The molecule has 4 heteroatoms. The molecule has 0 spiro atoms. The smallest absolute Gasteiger partial charge is 0.222 e. The molecule has 0 aliphatic heterocycles. The van der Waals surface area contributed by atoms with Crippen LogP contribution in [-0.4, -0.2) is 16.4 Å². The minimum atomic E-state index is -0.248. The highest BCUT2D eigenvalue weighted by atomic mass is 16.1. The van der Waals surface area contributed by atoms with Crippen molar-refractivity contribution in [2.75, 3.05) is 0 Å². The normalized spacial score (nSPS) is 19.2. The predicted molar refractivity (Wildman–Crippen MR) is 66.2 cm³/mol. The summed E-state index contributed by atoms with van der Waals surface area (Å²) in [5.41, 5.74) is 6.86. The topological polar surface area (TPSA) is 68.0 Å². The summed E-state index contributed by atoms with van der Waals surface area (Å²) in [4.78, 5) is 15.8. The number of nitrogens with two attached hydrogens (primary N) is 1. The minimum Gasteiger partial charge on any atom is -0.350 e. The number of nitrogens with one attached hydrogen (secondary N) is 1. The minimum absolute atomic E-state index is 0.00850. The average Bonchev–Trinajstić information content (AvgIpc) is 2.28. The molecule has 92 valence electrons. The van der Waals surface area contributed by atoms with Crippen molar-refractivity contribution in [2.45, 2.75) is 44.2 Å². The fourth-order valence-electron chi connectivity index (χ4n) is 2.16. The summed E-state index contributed by atoms with van der Waals surface area (Å²) in [6.45, 7) is 1.97. The number of pyridine rings is 1. The zero-order chi connectivity index (χ0) is 12.3. The second kappa shape index (κ2) is 4.84. The molecule has 1 fully saturated rings. The lowest BCUT2D eigenvalue weighted by Crippen LogP contribution is -2.50. The van der Waals surface area contributed by atoms with Gasteiger partial charge in [0.1, 0.15) is 0 Å². The molecule has 1 aliphatic carbocycles. The molecule has 0 bridgehead atoms. The third-order valence-corrected chi connectivity index (χ3v) is 3.45. The van der Waals surface area contributed by atoms with Crippen LogP contribution in [0.3, 0.4) is 0 Å². The van der Waals surface area contributed by atoms with Crippen molar-refractivity contribution >= 4 is 5.91 Å². The van der Waals surface area contributed by atoms with Gasteiger partial charge in [0.2, 0.25) is 5.91 Å². The molecule has 1 aromatic rings. The second-order valence-corrected chi connectivity index (χ2v) is 4.96. The molecular weight excluding hydrogens is 214 g/mol. The quantitative estimate of drug-likeness (QED) is 0.828. The maximum atomic E-state index is 11.8. The Morgan fingerprint density at radius 2 is 2.18 bits per heavy atom. The summed E-state index contributed by atoms with van der Waals surface area (Å²) >= 11 is 0. The van der Waals surface area contributed by atoms with Crippen molar-refractivity contribution in [1.29, 1.82) is 0 Å². The number of carbonyl (C=O) groups excluding carboxylic acids is 1. The molecule has 1 atom stereocenters. The summed E-state index contributed by atoms with van der Waals surface area (Å²) in [7, 11) is 0. The molecule has 1 aromatic heterocycles. The molecule has 4 nitrogen and oxygen atoms in total. The van der Waals surface area contributed by atoms with Gasteiger partial charge in [-0.05, 0) is 43.9 Å². The molecule has 2 rings (SSSR count). The van der Waals surface area contributed by atoms with Crippen LogP contribution in [0.1, 0.15) is 44.2 Å². The van der Waals surface area contributed by atoms with Gasteiger partial charge in [0.15, 0.2) is 0 Å². The van der Waals surface area contributed by atoms with Gasteiger partial charge in [-0.2, -0.15) is 0 Å². The van der Waals surface area contributed by atoms with Gasteiger partial charge in [-0.3, -0.25) is 9.78 Å². The number of rotatable bonds is 4. The SMILES string of the molecule is C[C@@H](NC(=O)CC1(N)CCC1)c1ccncc1. The Bertz CT molecular complexity index is 387. The fourth-order valence-corrected chi connectivity index (χ4v) is 2.16. The summed E-state index contributed by atoms with van der Waals surface area (Å²) in [6, 6.07) is 3.83. The van der Waals surface area contributed by atoms with Crippen molar-refractivity contribution in [1.82, 2.24) is 10.3 Å². The van der Waals surface area contributed by atoms with E-state index in [9.17, 15) is 4.79 Å².